The summed E-state index contributed by atoms with van der Waals surface area (Å²) in [4.78, 5) is 23.2. The summed E-state index contributed by atoms with van der Waals surface area (Å²) in [6.45, 7) is 2.37. The van der Waals surface area contributed by atoms with Gasteiger partial charge in [0.15, 0.2) is 0 Å². The van der Waals surface area contributed by atoms with Crippen molar-refractivity contribution in [3.63, 3.8) is 0 Å². The molecule has 3 heterocycles. The zero-order chi connectivity index (χ0) is 18.3. The first kappa shape index (κ1) is 16.9. The van der Waals surface area contributed by atoms with Gasteiger partial charge in [0.05, 0.1) is 0 Å². The van der Waals surface area contributed by atoms with Gasteiger partial charge in [-0.1, -0.05) is 24.3 Å². The Morgan fingerprint density at radius 2 is 1.93 bits per heavy atom. The van der Waals surface area contributed by atoms with E-state index in [9.17, 15) is 4.79 Å². The quantitative estimate of drug-likeness (QED) is 0.823. The molecule has 2 atom stereocenters. The molecule has 5 heteroatoms. The van der Waals surface area contributed by atoms with Gasteiger partial charge in [-0.2, -0.15) is 0 Å². The van der Waals surface area contributed by atoms with Gasteiger partial charge in [-0.25, -0.2) is 9.97 Å². The highest BCUT2D eigenvalue weighted by Gasteiger charge is 2.46. The summed E-state index contributed by atoms with van der Waals surface area (Å²) < 4.78 is 5.61. The van der Waals surface area contributed by atoms with Gasteiger partial charge in [0.2, 0.25) is 0 Å². The number of rotatable bonds is 2. The normalized spacial score (nSPS) is 26.3. The molecule has 2 saturated heterocycles. The zero-order valence-electron chi connectivity index (χ0n) is 15.5. The highest BCUT2D eigenvalue weighted by molar-refractivity contribution is 5.81. The maximum absolute atomic E-state index is 12.7. The fourth-order valence-electron chi connectivity index (χ4n) is 5.29. The standard InChI is InChI=1S/C22H25N3O2/c26-21(20-6-3-11-27-20)25-9-7-22(8-10-25)12-18(16-13-23-15-24-14-16)17-4-1-2-5-19(17)22/h1-2,4-5,13-15,18,20H,3,6-12H2/t18?,20-/m0/s1. The van der Waals surface area contributed by atoms with Crippen LogP contribution in [0, 0.1) is 0 Å². The molecule has 5 nitrogen and oxygen atoms in total. The Hall–Kier alpha value is -2.27. The molecule has 0 bridgehead atoms. The highest BCUT2D eigenvalue weighted by Crippen LogP contribution is 2.53. The van der Waals surface area contributed by atoms with Gasteiger partial charge in [0.1, 0.15) is 12.4 Å². The molecule has 2 fully saturated rings. The Bertz CT molecular complexity index is 824. The van der Waals surface area contributed by atoms with Crippen LogP contribution in [-0.2, 0) is 14.9 Å². The molecule has 0 radical (unpaired) electrons. The lowest BCUT2D eigenvalue weighted by Crippen LogP contribution is -2.47. The van der Waals surface area contributed by atoms with E-state index in [0.29, 0.717) is 5.92 Å². The van der Waals surface area contributed by atoms with Crippen LogP contribution in [0.15, 0.2) is 43.0 Å². The van der Waals surface area contributed by atoms with Crippen molar-refractivity contribution in [2.24, 2.45) is 0 Å². The van der Waals surface area contributed by atoms with Crippen molar-refractivity contribution in [3.8, 4) is 0 Å². The number of hydrogen-bond donors (Lipinski definition) is 0. The average Bonchev–Trinajstić information content (AvgIpc) is 3.37. The second-order valence-electron chi connectivity index (χ2n) is 8.12. The first-order valence-corrected chi connectivity index (χ1v) is 10.0. The predicted molar refractivity (Wildman–Crippen MR) is 101 cm³/mol. The number of nitrogens with zero attached hydrogens (tertiary/aromatic N) is 3. The average molecular weight is 363 g/mol. The number of hydrogen-bond acceptors (Lipinski definition) is 4. The highest BCUT2D eigenvalue weighted by atomic mass is 16.5. The summed E-state index contributed by atoms with van der Waals surface area (Å²) in [6, 6.07) is 8.82. The molecular weight excluding hydrogens is 338 g/mol. The molecule has 3 aliphatic rings. The molecule has 140 valence electrons. The fourth-order valence-corrected chi connectivity index (χ4v) is 5.29. The molecule has 1 amide bonds. The van der Waals surface area contributed by atoms with Gasteiger partial charge < -0.3 is 9.64 Å². The molecule has 5 rings (SSSR count). The zero-order valence-corrected chi connectivity index (χ0v) is 15.5. The number of aromatic nitrogens is 2. The van der Waals surface area contributed by atoms with Crippen LogP contribution in [-0.4, -0.2) is 46.6 Å². The molecule has 1 aromatic carbocycles. The molecule has 2 aliphatic heterocycles. The number of piperidine rings is 1. The molecular formula is C22H25N3O2. The van der Waals surface area contributed by atoms with Gasteiger partial charge in [-0.3, -0.25) is 4.79 Å². The minimum atomic E-state index is -0.205. The Balaban J connectivity index is 1.39. The van der Waals surface area contributed by atoms with Crippen LogP contribution >= 0.6 is 0 Å². The number of carbonyl (C=O) groups is 1. The largest absolute Gasteiger partial charge is 0.368 e. The van der Waals surface area contributed by atoms with Crippen LogP contribution in [0.25, 0.3) is 0 Å². The Labute approximate surface area is 159 Å². The predicted octanol–water partition coefficient (Wildman–Crippen LogP) is 3.05. The van der Waals surface area contributed by atoms with Crippen molar-refractivity contribution in [3.05, 3.63) is 59.7 Å². The van der Waals surface area contributed by atoms with E-state index in [0.717, 1.165) is 51.8 Å². The second kappa shape index (κ2) is 6.71. The summed E-state index contributed by atoms with van der Waals surface area (Å²) in [7, 11) is 0. The molecule has 1 aromatic heterocycles. The molecule has 1 unspecified atom stereocenters. The second-order valence-corrected chi connectivity index (χ2v) is 8.12. The number of fused-ring (bicyclic) bond motifs is 2. The van der Waals surface area contributed by atoms with E-state index in [-0.39, 0.29) is 17.4 Å². The van der Waals surface area contributed by atoms with Crippen LogP contribution in [0.1, 0.15) is 54.7 Å². The molecule has 1 spiro atoms. The minimum absolute atomic E-state index is 0.157. The SMILES string of the molecule is O=C([C@@H]1CCCO1)N1CCC2(CC1)CC(c1cncnc1)c1ccccc12. The van der Waals surface area contributed by atoms with Gasteiger partial charge in [0, 0.05) is 38.0 Å². The van der Waals surface area contributed by atoms with Crippen LogP contribution in [0.4, 0.5) is 0 Å². The topological polar surface area (TPSA) is 55.3 Å². The maximum Gasteiger partial charge on any atom is 0.251 e. The third-order valence-corrected chi connectivity index (χ3v) is 6.72. The monoisotopic (exact) mass is 363 g/mol. The van der Waals surface area contributed by atoms with E-state index in [2.05, 4.69) is 34.2 Å². The summed E-state index contributed by atoms with van der Waals surface area (Å²) in [5.74, 6) is 0.546. The molecule has 0 N–H and O–H groups in total. The number of carbonyl (C=O) groups excluding carboxylic acids is 1. The Kier molecular flexibility index (Phi) is 4.20. The summed E-state index contributed by atoms with van der Waals surface area (Å²) in [5, 5.41) is 0. The fraction of sp³-hybridized carbons (Fsp3) is 0.500. The number of ether oxygens (including phenoxy) is 1. The molecule has 27 heavy (non-hydrogen) atoms. The van der Waals surface area contributed by atoms with Crippen molar-refractivity contribution >= 4 is 5.91 Å². The van der Waals surface area contributed by atoms with E-state index in [1.807, 2.05) is 17.3 Å². The number of amides is 1. The van der Waals surface area contributed by atoms with E-state index >= 15 is 0 Å². The first-order valence-electron chi connectivity index (χ1n) is 10.0. The van der Waals surface area contributed by atoms with Gasteiger partial charge in [-0.05, 0) is 54.2 Å². The van der Waals surface area contributed by atoms with Gasteiger partial charge in [0.25, 0.3) is 5.91 Å². The van der Waals surface area contributed by atoms with Crippen molar-refractivity contribution in [2.75, 3.05) is 19.7 Å². The number of benzene rings is 1. The van der Waals surface area contributed by atoms with E-state index in [1.165, 1.54) is 16.7 Å². The van der Waals surface area contributed by atoms with Gasteiger partial charge >= 0.3 is 0 Å². The van der Waals surface area contributed by atoms with E-state index in [1.54, 1.807) is 6.33 Å². The molecule has 1 aliphatic carbocycles. The van der Waals surface area contributed by atoms with Gasteiger partial charge in [-0.15, -0.1) is 0 Å². The third-order valence-electron chi connectivity index (χ3n) is 6.72. The lowest BCUT2D eigenvalue weighted by molar-refractivity contribution is -0.142. The number of likely N-dealkylation sites (tertiary alicyclic amines) is 1. The van der Waals surface area contributed by atoms with Crippen molar-refractivity contribution in [2.45, 2.75) is 49.5 Å². The van der Waals surface area contributed by atoms with Crippen LogP contribution in [0.3, 0.4) is 0 Å². The molecule has 0 saturated carbocycles. The summed E-state index contributed by atoms with van der Waals surface area (Å²) >= 11 is 0. The van der Waals surface area contributed by atoms with Crippen LogP contribution in [0.5, 0.6) is 0 Å². The first-order chi connectivity index (χ1) is 13.3. The van der Waals surface area contributed by atoms with Crippen molar-refractivity contribution < 1.29 is 9.53 Å². The van der Waals surface area contributed by atoms with E-state index < -0.39 is 0 Å². The Morgan fingerprint density at radius 1 is 1.15 bits per heavy atom. The lowest BCUT2D eigenvalue weighted by Gasteiger charge is -2.41. The molecule has 2 aromatic rings. The smallest absolute Gasteiger partial charge is 0.251 e. The summed E-state index contributed by atoms with van der Waals surface area (Å²) in [5.41, 5.74) is 4.22. The minimum Gasteiger partial charge on any atom is -0.368 e. The van der Waals surface area contributed by atoms with Crippen LogP contribution in [0.2, 0.25) is 0 Å². The van der Waals surface area contributed by atoms with Crippen molar-refractivity contribution in [1.29, 1.82) is 0 Å². The third kappa shape index (κ3) is 2.85. The van der Waals surface area contributed by atoms with Crippen LogP contribution < -0.4 is 0 Å². The lowest BCUT2D eigenvalue weighted by atomic mass is 9.73. The van der Waals surface area contributed by atoms with E-state index in [4.69, 9.17) is 4.74 Å². The Morgan fingerprint density at radius 3 is 2.67 bits per heavy atom. The van der Waals surface area contributed by atoms with Crippen molar-refractivity contribution in [1.82, 2.24) is 14.9 Å². The summed E-state index contributed by atoms with van der Waals surface area (Å²) in [6.07, 6.45) is 10.3. The maximum atomic E-state index is 12.7.